The minimum atomic E-state index is 0.0273. The third-order valence-corrected chi connectivity index (χ3v) is 4.75. The molecule has 2 heterocycles. The molecule has 0 amide bonds. The smallest absolute Gasteiger partial charge is 0.0880 e. The van der Waals surface area contributed by atoms with Crippen LogP contribution in [0.2, 0.25) is 0 Å². The zero-order valence-corrected chi connectivity index (χ0v) is 19.0. The summed E-state index contributed by atoms with van der Waals surface area (Å²) in [7, 11) is 0. The molecule has 27 heavy (non-hydrogen) atoms. The van der Waals surface area contributed by atoms with Gasteiger partial charge in [-0.05, 0) is 17.3 Å². The van der Waals surface area contributed by atoms with Crippen LogP contribution in [0.25, 0.3) is 0 Å². The van der Waals surface area contributed by atoms with Crippen molar-refractivity contribution in [1.29, 1.82) is 0 Å². The van der Waals surface area contributed by atoms with Crippen molar-refractivity contribution in [3.05, 3.63) is 23.8 Å². The third kappa shape index (κ3) is 6.15. The molecule has 6 nitrogen and oxygen atoms in total. The Morgan fingerprint density at radius 2 is 0.963 bits per heavy atom. The molecular weight excluding hydrogens is 336 g/mol. The Labute approximate surface area is 164 Å². The van der Waals surface area contributed by atoms with Crippen LogP contribution in [0.3, 0.4) is 0 Å². The van der Waals surface area contributed by atoms with Crippen LogP contribution in [0.5, 0.6) is 0 Å². The zero-order valence-electron chi connectivity index (χ0n) is 19.0. The number of hydrogen-bond donors (Lipinski definition) is 0. The quantitative estimate of drug-likeness (QED) is 0.741. The normalized spacial score (nSPS) is 14.0. The van der Waals surface area contributed by atoms with E-state index in [0.29, 0.717) is 0 Å². The van der Waals surface area contributed by atoms with E-state index < -0.39 is 0 Å². The lowest BCUT2D eigenvalue weighted by atomic mass is 9.75. The van der Waals surface area contributed by atoms with Crippen molar-refractivity contribution in [3.63, 3.8) is 0 Å². The Morgan fingerprint density at radius 3 is 1.22 bits per heavy atom. The van der Waals surface area contributed by atoms with Gasteiger partial charge in [-0.1, -0.05) is 79.7 Å². The Kier molecular flexibility index (Phi) is 5.61. The maximum absolute atomic E-state index is 4.35. The average Bonchev–Trinajstić information content (AvgIpc) is 3.03. The molecule has 6 heteroatoms. The molecule has 0 N–H and O–H groups in total. The van der Waals surface area contributed by atoms with Crippen molar-refractivity contribution >= 4 is 0 Å². The van der Waals surface area contributed by atoms with Crippen molar-refractivity contribution in [2.75, 3.05) is 0 Å². The maximum Gasteiger partial charge on any atom is 0.0880 e. The summed E-state index contributed by atoms with van der Waals surface area (Å²) in [6.45, 7) is 23.9. The second-order valence-corrected chi connectivity index (χ2v) is 11.6. The highest BCUT2D eigenvalue weighted by atomic mass is 15.4. The second kappa shape index (κ2) is 7.02. The van der Waals surface area contributed by atoms with Gasteiger partial charge in [-0.25, -0.2) is 0 Å². The fourth-order valence-corrected chi connectivity index (χ4v) is 3.72. The standard InChI is InChI=1S/C21H38N6/c1-18(2,3)16-11-26(24-22-16)14-20(7,8)13-21(9,10)15-27-12-17(23-25-27)19(4,5)6/h11-12H,13-15H2,1-10H3. The van der Waals surface area contributed by atoms with Crippen molar-refractivity contribution in [2.45, 2.75) is 99.6 Å². The van der Waals surface area contributed by atoms with Gasteiger partial charge >= 0.3 is 0 Å². The topological polar surface area (TPSA) is 61.4 Å². The first kappa shape index (κ1) is 21.6. The van der Waals surface area contributed by atoms with E-state index in [-0.39, 0.29) is 21.7 Å². The average molecular weight is 375 g/mol. The Balaban J connectivity index is 2.04. The largest absolute Gasteiger partial charge is 0.252 e. The third-order valence-electron chi connectivity index (χ3n) is 4.75. The molecule has 0 atom stereocenters. The molecule has 2 rings (SSSR count). The summed E-state index contributed by atoms with van der Waals surface area (Å²) in [5, 5.41) is 17.4. The van der Waals surface area contributed by atoms with Crippen LogP contribution in [0.1, 0.15) is 87.0 Å². The molecule has 152 valence electrons. The van der Waals surface area contributed by atoms with Crippen LogP contribution in [0.15, 0.2) is 12.4 Å². The lowest BCUT2D eigenvalue weighted by molar-refractivity contribution is 0.142. The van der Waals surface area contributed by atoms with Crippen LogP contribution in [0.4, 0.5) is 0 Å². The van der Waals surface area contributed by atoms with E-state index in [4.69, 9.17) is 0 Å². The van der Waals surface area contributed by atoms with Gasteiger partial charge in [-0.3, -0.25) is 9.36 Å². The van der Waals surface area contributed by atoms with Crippen molar-refractivity contribution in [1.82, 2.24) is 30.0 Å². The number of aromatic nitrogens is 6. The summed E-state index contributed by atoms with van der Waals surface area (Å²) in [6.07, 6.45) is 5.22. The fraction of sp³-hybridized carbons (Fsp3) is 0.810. The predicted octanol–water partition coefficient (Wildman–Crippen LogP) is 4.61. The van der Waals surface area contributed by atoms with Gasteiger partial charge in [0.15, 0.2) is 0 Å². The minimum Gasteiger partial charge on any atom is -0.252 e. The highest BCUT2D eigenvalue weighted by Gasteiger charge is 2.31. The van der Waals surface area contributed by atoms with Gasteiger partial charge in [-0.15, -0.1) is 10.2 Å². The Bertz CT molecular complexity index is 688. The van der Waals surface area contributed by atoms with Crippen LogP contribution < -0.4 is 0 Å². The van der Waals surface area contributed by atoms with Gasteiger partial charge in [0.05, 0.1) is 11.4 Å². The van der Waals surface area contributed by atoms with Gasteiger partial charge in [0.2, 0.25) is 0 Å². The molecule has 0 aliphatic carbocycles. The maximum atomic E-state index is 4.35. The summed E-state index contributed by atoms with van der Waals surface area (Å²) < 4.78 is 3.98. The van der Waals surface area contributed by atoms with Gasteiger partial charge in [0, 0.05) is 36.3 Å². The summed E-state index contributed by atoms with van der Waals surface area (Å²) in [5.41, 5.74) is 2.32. The van der Waals surface area contributed by atoms with E-state index >= 15 is 0 Å². The first-order valence-corrected chi connectivity index (χ1v) is 9.89. The summed E-state index contributed by atoms with van der Waals surface area (Å²) in [5.74, 6) is 0. The van der Waals surface area contributed by atoms with Crippen LogP contribution >= 0.6 is 0 Å². The Hall–Kier alpha value is -1.72. The van der Waals surface area contributed by atoms with E-state index in [1.165, 1.54) is 0 Å². The number of hydrogen-bond acceptors (Lipinski definition) is 4. The molecule has 0 aliphatic heterocycles. The molecule has 0 unspecified atom stereocenters. The fourth-order valence-electron chi connectivity index (χ4n) is 3.72. The van der Waals surface area contributed by atoms with E-state index in [1.54, 1.807) is 0 Å². The molecule has 2 aromatic heterocycles. The molecule has 0 spiro atoms. The van der Waals surface area contributed by atoms with Gasteiger partial charge in [0.25, 0.3) is 0 Å². The van der Waals surface area contributed by atoms with Crippen LogP contribution in [-0.4, -0.2) is 30.0 Å². The summed E-state index contributed by atoms with van der Waals surface area (Å²) in [4.78, 5) is 0. The monoisotopic (exact) mass is 374 g/mol. The molecule has 0 radical (unpaired) electrons. The lowest BCUT2D eigenvalue weighted by Crippen LogP contribution is -2.31. The van der Waals surface area contributed by atoms with Crippen molar-refractivity contribution < 1.29 is 0 Å². The molecular formula is C21H38N6. The lowest BCUT2D eigenvalue weighted by Gasteiger charge is -2.34. The van der Waals surface area contributed by atoms with Crippen LogP contribution in [-0.2, 0) is 23.9 Å². The first-order valence-electron chi connectivity index (χ1n) is 9.89. The van der Waals surface area contributed by atoms with Gasteiger partial charge in [0.1, 0.15) is 0 Å². The molecule has 0 bridgehead atoms. The number of nitrogens with zero attached hydrogens (tertiary/aromatic N) is 6. The molecule has 0 saturated heterocycles. The number of rotatable bonds is 6. The van der Waals surface area contributed by atoms with E-state index in [2.05, 4.69) is 102 Å². The Morgan fingerprint density at radius 1 is 0.630 bits per heavy atom. The highest BCUT2D eigenvalue weighted by molar-refractivity contribution is 5.07. The molecule has 0 fully saturated rings. The van der Waals surface area contributed by atoms with Crippen molar-refractivity contribution in [3.8, 4) is 0 Å². The minimum absolute atomic E-state index is 0.0273. The molecule has 0 saturated carbocycles. The molecule has 2 aromatic rings. The summed E-state index contributed by atoms with van der Waals surface area (Å²) in [6, 6.07) is 0. The van der Waals surface area contributed by atoms with Gasteiger partial charge in [-0.2, -0.15) is 0 Å². The zero-order chi connectivity index (χ0) is 20.7. The SMILES string of the molecule is CC(C)(Cn1cc(C(C)(C)C)nn1)CC(C)(C)Cn1cc(C(C)(C)C)nn1. The van der Waals surface area contributed by atoms with Crippen LogP contribution in [0, 0.1) is 10.8 Å². The predicted molar refractivity (Wildman–Crippen MR) is 110 cm³/mol. The molecule has 0 aliphatic rings. The van der Waals surface area contributed by atoms with E-state index in [9.17, 15) is 0 Å². The van der Waals surface area contributed by atoms with E-state index in [1.807, 2.05) is 9.36 Å². The highest BCUT2D eigenvalue weighted by Crippen LogP contribution is 2.36. The van der Waals surface area contributed by atoms with Gasteiger partial charge < -0.3 is 0 Å². The van der Waals surface area contributed by atoms with Crippen molar-refractivity contribution in [2.24, 2.45) is 10.8 Å². The first-order chi connectivity index (χ1) is 12.1. The summed E-state index contributed by atoms with van der Waals surface area (Å²) >= 11 is 0. The van der Waals surface area contributed by atoms with E-state index in [0.717, 1.165) is 30.9 Å². The second-order valence-electron chi connectivity index (χ2n) is 11.6. The molecule has 0 aromatic carbocycles.